The smallest absolute Gasteiger partial charge is 0.387 e. The number of hydrogen-bond acceptors (Lipinski definition) is 5. The normalized spacial score (nSPS) is 11.2. The van der Waals surface area contributed by atoms with Gasteiger partial charge in [0.15, 0.2) is 23.2 Å². The van der Waals surface area contributed by atoms with Gasteiger partial charge in [0.2, 0.25) is 0 Å². The van der Waals surface area contributed by atoms with Crippen molar-refractivity contribution in [2.45, 2.75) is 13.5 Å². The van der Waals surface area contributed by atoms with Gasteiger partial charge in [0.05, 0.1) is 23.4 Å². The number of aryl methyl sites for hydroxylation is 1. The van der Waals surface area contributed by atoms with Gasteiger partial charge < -0.3 is 10.1 Å². The van der Waals surface area contributed by atoms with E-state index in [0.29, 0.717) is 22.7 Å². The van der Waals surface area contributed by atoms with Gasteiger partial charge in [-0.05, 0) is 31.2 Å². The minimum Gasteiger partial charge on any atom is -0.432 e. The number of anilines is 2. The van der Waals surface area contributed by atoms with Crippen molar-refractivity contribution in [1.29, 1.82) is 0 Å². The largest absolute Gasteiger partial charge is 0.432 e. The third-order valence-corrected chi connectivity index (χ3v) is 4.06. The number of fused-ring (bicyclic) bond motifs is 1. The first kappa shape index (κ1) is 18.7. The summed E-state index contributed by atoms with van der Waals surface area (Å²) >= 11 is 0. The predicted octanol–water partition coefficient (Wildman–Crippen LogP) is 4.75. The molecule has 29 heavy (non-hydrogen) atoms. The first-order valence-electron chi connectivity index (χ1n) is 8.39. The topological polar surface area (TPSA) is 64.9 Å². The van der Waals surface area contributed by atoms with E-state index in [1.165, 1.54) is 30.6 Å². The van der Waals surface area contributed by atoms with Crippen molar-refractivity contribution in [2.24, 2.45) is 0 Å². The van der Waals surface area contributed by atoms with Gasteiger partial charge in [-0.25, -0.2) is 18.7 Å². The Morgan fingerprint density at radius 1 is 1.03 bits per heavy atom. The van der Waals surface area contributed by atoms with Crippen LogP contribution in [0, 0.1) is 18.6 Å². The Balaban J connectivity index is 1.66. The van der Waals surface area contributed by atoms with Crippen LogP contribution in [0.15, 0.2) is 48.8 Å². The zero-order valence-corrected chi connectivity index (χ0v) is 14.9. The van der Waals surface area contributed by atoms with Crippen molar-refractivity contribution >= 4 is 22.5 Å². The van der Waals surface area contributed by atoms with Gasteiger partial charge in [0.1, 0.15) is 11.6 Å². The summed E-state index contributed by atoms with van der Waals surface area (Å²) in [5, 5.41) is 2.84. The van der Waals surface area contributed by atoms with Gasteiger partial charge in [-0.2, -0.15) is 8.78 Å². The van der Waals surface area contributed by atoms with Gasteiger partial charge in [-0.15, -0.1) is 0 Å². The summed E-state index contributed by atoms with van der Waals surface area (Å²) in [5.74, 6) is -0.709. The van der Waals surface area contributed by atoms with E-state index in [-0.39, 0.29) is 11.5 Å². The zero-order chi connectivity index (χ0) is 20.5. The Labute approximate surface area is 161 Å². The lowest BCUT2D eigenvalue weighted by atomic mass is 10.3. The molecule has 10 heteroatoms. The molecule has 0 saturated carbocycles. The Hall–Kier alpha value is -3.69. The van der Waals surface area contributed by atoms with Gasteiger partial charge in [-0.1, -0.05) is 0 Å². The van der Waals surface area contributed by atoms with Crippen LogP contribution in [-0.2, 0) is 0 Å². The summed E-state index contributed by atoms with van der Waals surface area (Å²) in [5.41, 5.74) is 1.38. The lowest BCUT2D eigenvalue weighted by molar-refractivity contribution is -0.0521. The summed E-state index contributed by atoms with van der Waals surface area (Å²) in [6.45, 7) is -1.37. The van der Waals surface area contributed by atoms with Gasteiger partial charge in [-0.3, -0.25) is 9.55 Å². The van der Waals surface area contributed by atoms with Crippen molar-refractivity contribution in [3.63, 3.8) is 0 Å². The van der Waals surface area contributed by atoms with Crippen LogP contribution in [0.4, 0.5) is 29.1 Å². The Morgan fingerprint density at radius 3 is 2.62 bits per heavy atom. The Kier molecular flexibility index (Phi) is 4.75. The predicted molar refractivity (Wildman–Crippen MR) is 97.7 cm³/mol. The number of benzene rings is 2. The third kappa shape index (κ3) is 3.82. The van der Waals surface area contributed by atoms with E-state index in [1.54, 1.807) is 17.6 Å². The Morgan fingerprint density at radius 2 is 1.86 bits per heavy atom. The van der Waals surface area contributed by atoms with E-state index in [4.69, 9.17) is 0 Å². The first-order valence-corrected chi connectivity index (χ1v) is 8.39. The molecule has 0 aliphatic heterocycles. The van der Waals surface area contributed by atoms with Crippen LogP contribution in [-0.4, -0.2) is 26.1 Å². The molecule has 0 spiro atoms. The molecule has 0 aliphatic carbocycles. The van der Waals surface area contributed by atoms with Crippen molar-refractivity contribution < 1.29 is 22.3 Å². The molecule has 0 fully saturated rings. The Bertz CT molecular complexity index is 1190. The van der Waals surface area contributed by atoms with E-state index in [0.717, 1.165) is 12.1 Å². The third-order valence-electron chi connectivity index (χ3n) is 4.06. The number of nitrogens with one attached hydrogen (secondary N) is 1. The van der Waals surface area contributed by atoms with Crippen LogP contribution >= 0.6 is 0 Å². The minimum absolute atomic E-state index is 0.258. The quantitative estimate of drug-likeness (QED) is 0.488. The number of nitrogens with zero attached hydrogens (tertiary/aromatic N) is 4. The molecule has 6 nitrogen and oxygen atoms in total. The van der Waals surface area contributed by atoms with Crippen LogP contribution in [0.3, 0.4) is 0 Å². The van der Waals surface area contributed by atoms with Crippen molar-refractivity contribution in [3.8, 4) is 11.6 Å². The molecule has 148 valence electrons. The molecule has 0 amide bonds. The summed E-state index contributed by atoms with van der Waals surface area (Å²) < 4.78 is 57.8. The fourth-order valence-electron chi connectivity index (χ4n) is 2.90. The molecule has 0 radical (unpaired) electrons. The second-order valence-corrected chi connectivity index (χ2v) is 6.04. The van der Waals surface area contributed by atoms with Crippen LogP contribution in [0.25, 0.3) is 16.9 Å². The first-order chi connectivity index (χ1) is 13.9. The summed E-state index contributed by atoms with van der Waals surface area (Å²) in [6.07, 6.45) is 2.88. The van der Waals surface area contributed by atoms with Crippen LogP contribution < -0.4 is 10.1 Å². The lowest BCUT2D eigenvalue weighted by Crippen LogP contribution is -2.05. The number of imidazole rings is 1. The average Bonchev–Trinajstić information content (AvgIpc) is 2.99. The SMILES string of the molecule is Cc1nc2ccc(F)cc2n1-c1cncc(Nc2ccc(OC(F)F)c(F)c2)n1. The second kappa shape index (κ2) is 7.38. The van der Waals surface area contributed by atoms with E-state index in [9.17, 15) is 17.6 Å². The molecular formula is C19H13F4N5O. The lowest BCUT2D eigenvalue weighted by Gasteiger charge is -2.11. The minimum atomic E-state index is -3.12. The van der Waals surface area contributed by atoms with Crippen LogP contribution in [0.5, 0.6) is 5.75 Å². The van der Waals surface area contributed by atoms with E-state index in [1.807, 2.05) is 0 Å². The highest BCUT2D eigenvalue weighted by atomic mass is 19.3. The zero-order valence-electron chi connectivity index (χ0n) is 14.9. The fourth-order valence-corrected chi connectivity index (χ4v) is 2.90. The summed E-state index contributed by atoms with van der Waals surface area (Å²) in [7, 11) is 0. The standard InChI is InChI=1S/C19H13F4N5O/c1-10-25-14-4-2-11(20)6-15(14)28(10)18-9-24-8-17(27-18)26-12-3-5-16(13(21)7-12)29-19(22)23/h2-9,19H,1H3,(H,26,27). The highest BCUT2D eigenvalue weighted by Gasteiger charge is 2.13. The van der Waals surface area contributed by atoms with Crippen molar-refractivity contribution in [3.05, 3.63) is 66.3 Å². The molecule has 2 heterocycles. The molecule has 2 aromatic heterocycles. The molecular weight excluding hydrogens is 390 g/mol. The number of halogens is 4. The number of ether oxygens (including phenoxy) is 1. The molecule has 0 aliphatic rings. The fraction of sp³-hybridized carbons (Fsp3) is 0.105. The number of rotatable bonds is 5. The van der Waals surface area contributed by atoms with Crippen molar-refractivity contribution in [1.82, 2.24) is 19.5 Å². The highest BCUT2D eigenvalue weighted by molar-refractivity contribution is 5.78. The van der Waals surface area contributed by atoms with Crippen LogP contribution in [0.2, 0.25) is 0 Å². The molecule has 4 rings (SSSR count). The molecule has 0 bridgehead atoms. The number of aromatic nitrogens is 4. The second-order valence-electron chi connectivity index (χ2n) is 6.04. The molecule has 0 saturated heterocycles. The van der Waals surface area contributed by atoms with E-state index in [2.05, 4.69) is 25.0 Å². The van der Waals surface area contributed by atoms with Gasteiger partial charge >= 0.3 is 6.61 Å². The average molecular weight is 403 g/mol. The summed E-state index contributed by atoms with van der Waals surface area (Å²) in [4.78, 5) is 12.9. The molecule has 2 aromatic carbocycles. The van der Waals surface area contributed by atoms with Crippen LogP contribution in [0.1, 0.15) is 5.82 Å². The number of alkyl halides is 2. The molecule has 1 N–H and O–H groups in total. The number of hydrogen-bond donors (Lipinski definition) is 1. The van der Waals surface area contributed by atoms with E-state index >= 15 is 0 Å². The highest BCUT2D eigenvalue weighted by Crippen LogP contribution is 2.25. The molecule has 4 aromatic rings. The van der Waals surface area contributed by atoms with Gasteiger partial charge in [0.25, 0.3) is 0 Å². The van der Waals surface area contributed by atoms with Crippen molar-refractivity contribution in [2.75, 3.05) is 5.32 Å². The summed E-state index contributed by atoms with van der Waals surface area (Å²) in [6, 6.07) is 7.67. The maximum atomic E-state index is 13.9. The molecule has 0 atom stereocenters. The van der Waals surface area contributed by atoms with E-state index < -0.39 is 24.0 Å². The molecule has 0 unspecified atom stereocenters. The maximum Gasteiger partial charge on any atom is 0.387 e. The maximum absolute atomic E-state index is 13.9. The monoisotopic (exact) mass is 403 g/mol. The van der Waals surface area contributed by atoms with Gasteiger partial charge in [0, 0.05) is 17.8 Å².